The van der Waals surface area contributed by atoms with E-state index in [-0.39, 0.29) is 11.3 Å². The predicted octanol–water partition coefficient (Wildman–Crippen LogP) is 2.20. The standard InChI is InChI=1S/C18H21N5O/c1-14-5-6-16(21-20-14)22-10-3-7-18(13-22)8-11-23(17(18)24)15-4-2-9-19-12-15/h2,4-6,9,12H,3,7-8,10-11,13H2,1H3/t18-/m0/s1. The van der Waals surface area contributed by atoms with Crippen molar-refractivity contribution >= 4 is 17.4 Å². The monoisotopic (exact) mass is 323 g/mol. The summed E-state index contributed by atoms with van der Waals surface area (Å²) in [6, 6.07) is 7.81. The fraction of sp³-hybridized carbons (Fsp3) is 0.444. The van der Waals surface area contributed by atoms with Crippen LogP contribution in [0.25, 0.3) is 0 Å². The normalized spacial score (nSPS) is 24.0. The van der Waals surface area contributed by atoms with E-state index in [1.54, 1.807) is 12.4 Å². The number of piperidine rings is 1. The summed E-state index contributed by atoms with van der Waals surface area (Å²) < 4.78 is 0. The minimum atomic E-state index is -0.305. The second kappa shape index (κ2) is 5.85. The van der Waals surface area contributed by atoms with Gasteiger partial charge in [0.05, 0.1) is 23.0 Å². The van der Waals surface area contributed by atoms with Gasteiger partial charge >= 0.3 is 0 Å². The lowest BCUT2D eigenvalue weighted by atomic mass is 9.78. The van der Waals surface area contributed by atoms with Crippen LogP contribution in [0.4, 0.5) is 11.5 Å². The van der Waals surface area contributed by atoms with E-state index < -0.39 is 0 Å². The molecule has 6 heteroatoms. The molecule has 4 rings (SSSR count). The molecule has 1 atom stereocenters. The molecule has 0 unspecified atom stereocenters. The van der Waals surface area contributed by atoms with Crippen LogP contribution >= 0.6 is 0 Å². The van der Waals surface area contributed by atoms with Crippen LogP contribution < -0.4 is 9.80 Å². The van der Waals surface area contributed by atoms with Gasteiger partial charge in [-0.15, -0.1) is 5.10 Å². The number of nitrogens with zero attached hydrogens (tertiary/aromatic N) is 5. The summed E-state index contributed by atoms with van der Waals surface area (Å²) in [5.41, 5.74) is 1.50. The maximum Gasteiger partial charge on any atom is 0.235 e. The molecule has 2 aliphatic heterocycles. The van der Waals surface area contributed by atoms with Crippen LogP contribution in [0.3, 0.4) is 0 Å². The van der Waals surface area contributed by atoms with Gasteiger partial charge in [-0.25, -0.2) is 0 Å². The van der Waals surface area contributed by atoms with Crippen LogP contribution in [-0.4, -0.2) is 40.7 Å². The minimum Gasteiger partial charge on any atom is -0.354 e. The lowest BCUT2D eigenvalue weighted by Gasteiger charge is -2.39. The molecule has 0 aromatic carbocycles. The summed E-state index contributed by atoms with van der Waals surface area (Å²) in [6.45, 7) is 4.35. The maximum atomic E-state index is 13.1. The first-order chi connectivity index (χ1) is 11.7. The van der Waals surface area contributed by atoms with Gasteiger partial charge in [-0.05, 0) is 50.5 Å². The maximum absolute atomic E-state index is 13.1. The van der Waals surface area contributed by atoms with E-state index in [9.17, 15) is 4.79 Å². The third-order valence-electron chi connectivity index (χ3n) is 5.16. The highest BCUT2D eigenvalue weighted by Crippen LogP contribution is 2.42. The van der Waals surface area contributed by atoms with Crippen LogP contribution in [0, 0.1) is 12.3 Å². The molecule has 2 aliphatic rings. The Balaban J connectivity index is 1.57. The third kappa shape index (κ3) is 2.52. The highest BCUT2D eigenvalue weighted by molar-refractivity contribution is 6.00. The number of aryl methyl sites for hydroxylation is 1. The summed E-state index contributed by atoms with van der Waals surface area (Å²) in [5.74, 6) is 1.09. The summed E-state index contributed by atoms with van der Waals surface area (Å²) in [5, 5.41) is 8.46. The first-order valence-corrected chi connectivity index (χ1v) is 8.45. The van der Waals surface area contributed by atoms with Gasteiger partial charge in [-0.1, -0.05) is 0 Å². The Bertz CT molecular complexity index is 733. The number of aromatic nitrogens is 3. The number of carbonyl (C=O) groups is 1. The highest BCUT2D eigenvalue weighted by atomic mass is 16.2. The lowest BCUT2D eigenvalue weighted by Crippen LogP contribution is -2.48. The molecular weight excluding hydrogens is 302 g/mol. The van der Waals surface area contributed by atoms with Crippen LogP contribution in [0.1, 0.15) is 25.0 Å². The Labute approximate surface area is 141 Å². The quantitative estimate of drug-likeness (QED) is 0.848. The number of carbonyl (C=O) groups excluding carboxylic acids is 1. The molecule has 1 amide bonds. The first kappa shape index (κ1) is 15.1. The molecule has 0 aliphatic carbocycles. The zero-order valence-electron chi connectivity index (χ0n) is 13.9. The number of pyridine rings is 1. The summed E-state index contributed by atoms with van der Waals surface area (Å²) in [4.78, 5) is 21.4. The molecule has 2 fully saturated rings. The SMILES string of the molecule is Cc1ccc(N2CCC[C@]3(CCN(c4cccnc4)C3=O)C2)nn1. The van der Waals surface area contributed by atoms with Crippen molar-refractivity contribution in [1.29, 1.82) is 0 Å². The Hall–Kier alpha value is -2.50. The first-order valence-electron chi connectivity index (χ1n) is 8.45. The van der Waals surface area contributed by atoms with E-state index in [1.165, 1.54) is 0 Å². The number of anilines is 2. The largest absolute Gasteiger partial charge is 0.354 e. The van der Waals surface area contributed by atoms with Gasteiger partial charge in [-0.2, -0.15) is 5.10 Å². The van der Waals surface area contributed by atoms with Crippen LogP contribution in [0.5, 0.6) is 0 Å². The molecule has 4 heterocycles. The van der Waals surface area contributed by atoms with E-state index in [1.807, 2.05) is 36.1 Å². The zero-order valence-corrected chi connectivity index (χ0v) is 13.9. The van der Waals surface area contributed by atoms with Crippen molar-refractivity contribution in [2.45, 2.75) is 26.2 Å². The van der Waals surface area contributed by atoms with Gasteiger partial charge in [0.1, 0.15) is 0 Å². The number of amides is 1. The van der Waals surface area contributed by atoms with E-state index in [0.717, 1.165) is 56.1 Å². The molecule has 24 heavy (non-hydrogen) atoms. The van der Waals surface area contributed by atoms with Crippen molar-refractivity contribution in [2.24, 2.45) is 5.41 Å². The Morgan fingerprint density at radius 1 is 1.12 bits per heavy atom. The van der Waals surface area contributed by atoms with Crippen molar-refractivity contribution in [3.63, 3.8) is 0 Å². The fourth-order valence-corrected chi connectivity index (χ4v) is 3.85. The van der Waals surface area contributed by atoms with Gasteiger partial charge in [0.25, 0.3) is 0 Å². The summed E-state index contributed by atoms with van der Waals surface area (Å²) in [7, 11) is 0. The van der Waals surface area contributed by atoms with E-state index in [4.69, 9.17) is 0 Å². The number of hydrogen-bond acceptors (Lipinski definition) is 5. The molecule has 6 nitrogen and oxygen atoms in total. The lowest BCUT2D eigenvalue weighted by molar-refractivity contribution is -0.126. The van der Waals surface area contributed by atoms with Crippen LogP contribution in [0.15, 0.2) is 36.7 Å². The van der Waals surface area contributed by atoms with Gasteiger partial charge in [0.2, 0.25) is 5.91 Å². The average Bonchev–Trinajstić information content (AvgIpc) is 2.93. The topological polar surface area (TPSA) is 62.2 Å². The molecule has 0 bridgehead atoms. The summed E-state index contributed by atoms with van der Waals surface area (Å²) in [6.07, 6.45) is 6.33. The van der Waals surface area contributed by atoms with Crippen molar-refractivity contribution < 1.29 is 4.79 Å². The molecule has 2 saturated heterocycles. The number of rotatable bonds is 2. The van der Waals surface area contributed by atoms with Crippen molar-refractivity contribution in [3.8, 4) is 0 Å². The number of hydrogen-bond donors (Lipinski definition) is 0. The molecule has 0 N–H and O–H groups in total. The molecule has 0 saturated carbocycles. The summed E-state index contributed by atoms with van der Waals surface area (Å²) >= 11 is 0. The second-order valence-electron chi connectivity index (χ2n) is 6.76. The van der Waals surface area contributed by atoms with E-state index >= 15 is 0 Å². The van der Waals surface area contributed by atoms with Crippen molar-refractivity contribution in [3.05, 3.63) is 42.4 Å². The van der Waals surface area contributed by atoms with Gasteiger partial charge in [0.15, 0.2) is 5.82 Å². The van der Waals surface area contributed by atoms with E-state index in [0.29, 0.717) is 0 Å². The fourth-order valence-electron chi connectivity index (χ4n) is 3.85. The minimum absolute atomic E-state index is 0.222. The molecular formula is C18H21N5O. The Kier molecular flexibility index (Phi) is 3.67. The predicted molar refractivity (Wildman–Crippen MR) is 91.9 cm³/mol. The van der Waals surface area contributed by atoms with Crippen LogP contribution in [0.2, 0.25) is 0 Å². The van der Waals surface area contributed by atoms with Crippen molar-refractivity contribution in [1.82, 2.24) is 15.2 Å². The molecule has 0 radical (unpaired) electrons. The smallest absolute Gasteiger partial charge is 0.235 e. The molecule has 124 valence electrons. The Morgan fingerprint density at radius 2 is 2.04 bits per heavy atom. The third-order valence-corrected chi connectivity index (χ3v) is 5.16. The van der Waals surface area contributed by atoms with Gasteiger partial charge in [-0.3, -0.25) is 9.78 Å². The van der Waals surface area contributed by atoms with E-state index in [2.05, 4.69) is 20.1 Å². The zero-order chi connectivity index (χ0) is 16.6. The van der Waals surface area contributed by atoms with Gasteiger partial charge < -0.3 is 9.80 Å². The highest BCUT2D eigenvalue weighted by Gasteiger charge is 2.49. The van der Waals surface area contributed by atoms with Crippen molar-refractivity contribution in [2.75, 3.05) is 29.4 Å². The Morgan fingerprint density at radius 3 is 2.79 bits per heavy atom. The average molecular weight is 323 g/mol. The van der Waals surface area contributed by atoms with Gasteiger partial charge in [0, 0.05) is 25.8 Å². The molecule has 1 spiro atoms. The molecule has 2 aromatic heterocycles. The second-order valence-corrected chi connectivity index (χ2v) is 6.76. The molecule has 2 aromatic rings. The van der Waals surface area contributed by atoms with Crippen LogP contribution in [-0.2, 0) is 4.79 Å².